The van der Waals surface area contributed by atoms with Gasteiger partial charge in [0.15, 0.2) is 5.69 Å². The Morgan fingerprint density at radius 2 is 1.79 bits per heavy atom. The van der Waals surface area contributed by atoms with Crippen LogP contribution in [0.4, 0.5) is 4.39 Å². The number of rotatable bonds is 11. The quantitative estimate of drug-likeness (QED) is 0.354. The summed E-state index contributed by atoms with van der Waals surface area (Å²) in [6, 6.07) is 14.2. The molecule has 43 heavy (non-hydrogen) atoms. The molecule has 2 aromatic carbocycles. The van der Waals surface area contributed by atoms with Crippen LogP contribution in [0.25, 0.3) is 5.69 Å². The molecule has 0 saturated carbocycles. The predicted octanol–water partition coefficient (Wildman–Crippen LogP) is 3.22. The summed E-state index contributed by atoms with van der Waals surface area (Å²) in [5.41, 5.74) is 1.34. The molecule has 1 fully saturated rings. The van der Waals surface area contributed by atoms with Crippen molar-refractivity contribution in [2.24, 2.45) is 5.41 Å². The second-order valence-electron chi connectivity index (χ2n) is 12.2. The molecule has 0 spiro atoms. The molecule has 1 aliphatic heterocycles. The molecule has 1 aliphatic rings. The number of aromatic nitrogens is 3. The zero-order valence-corrected chi connectivity index (χ0v) is 25.6. The lowest BCUT2D eigenvalue weighted by molar-refractivity contribution is -0.140. The minimum absolute atomic E-state index is 0.160. The molecule has 3 atom stereocenters. The number of halogens is 1. The Balaban J connectivity index is 1.56. The molecule has 2 heterocycles. The van der Waals surface area contributed by atoms with Gasteiger partial charge in [0.2, 0.25) is 11.8 Å². The SMILES string of the molecule is CNC(C)C(=O)NC(C(=O)N1CCCC1CN(CCc1ccc(F)cc1)C(=O)c1cn(-c2ccccc2)nn1)C(C)(C)C. The highest BCUT2D eigenvalue weighted by Gasteiger charge is 2.41. The van der Waals surface area contributed by atoms with Gasteiger partial charge in [0.05, 0.1) is 17.9 Å². The number of hydrogen-bond acceptors (Lipinski definition) is 6. The molecule has 0 radical (unpaired) electrons. The van der Waals surface area contributed by atoms with Gasteiger partial charge in [0, 0.05) is 25.7 Å². The van der Waals surface area contributed by atoms with Gasteiger partial charge in [-0.25, -0.2) is 9.07 Å². The van der Waals surface area contributed by atoms with Gasteiger partial charge in [-0.2, -0.15) is 0 Å². The van der Waals surface area contributed by atoms with E-state index in [1.54, 1.807) is 46.8 Å². The normalized spacial score (nSPS) is 16.5. The molecule has 1 aromatic heterocycles. The molecule has 230 valence electrons. The van der Waals surface area contributed by atoms with Gasteiger partial charge in [-0.15, -0.1) is 5.10 Å². The van der Waals surface area contributed by atoms with Crippen LogP contribution in [0.2, 0.25) is 0 Å². The number of amides is 3. The first-order valence-electron chi connectivity index (χ1n) is 14.8. The standard InChI is InChI=1S/C32H42FN7O3/c1-22(34-5)29(41)35-28(32(2,3)4)31(43)39-18-9-12-26(39)20-38(19-17-23-13-15-24(33)16-14-23)30(42)27-21-40(37-36-27)25-10-7-6-8-11-25/h6-8,10-11,13-16,21-22,26,28,34H,9,12,17-20H2,1-5H3,(H,35,41). The first-order valence-corrected chi connectivity index (χ1v) is 14.8. The smallest absolute Gasteiger partial charge is 0.276 e. The molecular weight excluding hydrogens is 549 g/mol. The fourth-order valence-corrected chi connectivity index (χ4v) is 5.20. The summed E-state index contributed by atoms with van der Waals surface area (Å²) in [5, 5.41) is 14.2. The highest BCUT2D eigenvalue weighted by atomic mass is 19.1. The lowest BCUT2D eigenvalue weighted by Crippen LogP contribution is -2.59. The highest BCUT2D eigenvalue weighted by molar-refractivity contribution is 5.92. The van der Waals surface area contributed by atoms with Crippen LogP contribution in [0.5, 0.6) is 0 Å². The lowest BCUT2D eigenvalue weighted by atomic mass is 9.85. The van der Waals surface area contributed by atoms with Gasteiger partial charge in [0.25, 0.3) is 5.91 Å². The zero-order valence-electron chi connectivity index (χ0n) is 25.6. The third-order valence-electron chi connectivity index (χ3n) is 7.92. The average Bonchev–Trinajstić information content (AvgIpc) is 3.68. The molecule has 2 N–H and O–H groups in total. The van der Waals surface area contributed by atoms with E-state index >= 15 is 0 Å². The van der Waals surface area contributed by atoms with Crippen molar-refractivity contribution >= 4 is 17.7 Å². The number of carbonyl (C=O) groups is 3. The van der Waals surface area contributed by atoms with Gasteiger partial charge < -0.3 is 20.4 Å². The molecule has 10 nitrogen and oxygen atoms in total. The first kappa shape index (κ1) is 31.8. The summed E-state index contributed by atoms with van der Waals surface area (Å²) in [5.74, 6) is -1.03. The van der Waals surface area contributed by atoms with E-state index in [-0.39, 0.29) is 35.3 Å². The molecular formula is C32H42FN7O3. The van der Waals surface area contributed by atoms with E-state index in [1.165, 1.54) is 12.1 Å². The van der Waals surface area contributed by atoms with Crippen LogP contribution in [-0.2, 0) is 16.0 Å². The number of carbonyl (C=O) groups excluding carboxylic acids is 3. The Morgan fingerprint density at radius 3 is 2.44 bits per heavy atom. The van der Waals surface area contributed by atoms with Crippen molar-refractivity contribution in [2.75, 3.05) is 26.7 Å². The number of likely N-dealkylation sites (tertiary alicyclic amines) is 1. The zero-order chi connectivity index (χ0) is 31.1. The van der Waals surface area contributed by atoms with Crippen LogP contribution in [0.15, 0.2) is 60.8 Å². The van der Waals surface area contributed by atoms with Crippen molar-refractivity contribution in [1.82, 2.24) is 35.4 Å². The number of hydrogen-bond donors (Lipinski definition) is 2. The number of nitrogens with zero attached hydrogens (tertiary/aromatic N) is 5. The van der Waals surface area contributed by atoms with Crippen molar-refractivity contribution < 1.29 is 18.8 Å². The van der Waals surface area contributed by atoms with E-state index in [0.29, 0.717) is 26.1 Å². The molecule has 11 heteroatoms. The van der Waals surface area contributed by atoms with Crippen LogP contribution in [-0.4, -0.2) is 87.3 Å². The van der Waals surface area contributed by atoms with Gasteiger partial charge in [0.1, 0.15) is 11.9 Å². The van der Waals surface area contributed by atoms with Crippen LogP contribution < -0.4 is 10.6 Å². The molecule has 0 aliphatic carbocycles. The molecule has 0 bridgehead atoms. The number of likely N-dealkylation sites (N-methyl/N-ethyl adjacent to an activating group) is 1. The van der Waals surface area contributed by atoms with E-state index in [0.717, 1.165) is 24.1 Å². The summed E-state index contributed by atoms with van der Waals surface area (Å²) in [6.07, 6.45) is 3.62. The topological polar surface area (TPSA) is 112 Å². The third-order valence-corrected chi connectivity index (χ3v) is 7.92. The van der Waals surface area contributed by atoms with E-state index < -0.39 is 17.5 Å². The fraction of sp³-hybridized carbons (Fsp3) is 0.469. The minimum atomic E-state index is -0.731. The van der Waals surface area contributed by atoms with Gasteiger partial charge in [-0.1, -0.05) is 56.3 Å². The molecule has 3 amide bonds. The molecule has 1 saturated heterocycles. The van der Waals surface area contributed by atoms with E-state index in [1.807, 2.05) is 51.1 Å². The predicted molar refractivity (Wildman–Crippen MR) is 162 cm³/mol. The molecule has 3 aromatic rings. The highest BCUT2D eigenvalue weighted by Crippen LogP contribution is 2.27. The monoisotopic (exact) mass is 591 g/mol. The summed E-state index contributed by atoms with van der Waals surface area (Å²) in [6.45, 7) is 8.72. The van der Waals surface area contributed by atoms with E-state index in [9.17, 15) is 18.8 Å². The van der Waals surface area contributed by atoms with Crippen molar-refractivity contribution in [3.05, 3.63) is 77.9 Å². The van der Waals surface area contributed by atoms with Crippen molar-refractivity contribution in [3.8, 4) is 5.69 Å². The maximum Gasteiger partial charge on any atom is 0.276 e. The van der Waals surface area contributed by atoms with Crippen molar-refractivity contribution in [1.29, 1.82) is 0 Å². The van der Waals surface area contributed by atoms with E-state index in [2.05, 4.69) is 20.9 Å². The Hall–Kier alpha value is -4.12. The van der Waals surface area contributed by atoms with Crippen molar-refractivity contribution in [3.63, 3.8) is 0 Å². The molecule has 3 unspecified atom stereocenters. The Bertz CT molecular complexity index is 1390. The summed E-state index contributed by atoms with van der Waals surface area (Å²) >= 11 is 0. The third kappa shape index (κ3) is 8.04. The fourth-order valence-electron chi connectivity index (χ4n) is 5.20. The number of para-hydroxylation sites is 1. The number of nitrogens with one attached hydrogen (secondary N) is 2. The Labute approximate surface area is 252 Å². The number of benzene rings is 2. The Morgan fingerprint density at radius 1 is 1.09 bits per heavy atom. The van der Waals surface area contributed by atoms with Gasteiger partial charge in [-0.3, -0.25) is 14.4 Å². The summed E-state index contributed by atoms with van der Waals surface area (Å²) < 4.78 is 15.1. The van der Waals surface area contributed by atoms with Crippen LogP contribution in [0.1, 0.15) is 56.6 Å². The second kappa shape index (κ2) is 13.9. The first-order chi connectivity index (χ1) is 20.5. The van der Waals surface area contributed by atoms with Crippen LogP contribution in [0.3, 0.4) is 0 Å². The molecule has 4 rings (SSSR count). The lowest BCUT2D eigenvalue weighted by Gasteiger charge is -2.37. The summed E-state index contributed by atoms with van der Waals surface area (Å²) in [7, 11) is 1.70. The van der Waals surface area contributed by atoms with Crippen LogP contribution >= 0.6 is 0 Å². The minimum Gasteiger partial charge on any atom is -0.342 e. The van der Waals surface area contributed by atoms with Gasteiger partial charge in [-0.05, 0) is 68.5 Å². The largest absolute Gasteiger partial charge is 0.342 e. The van der Waals surface area contributed by atoms with E-state index in [4.69, 9.17) is 0 Å². The van der Waals surface area contributed by atoms with Crippen LogP contribution in [0, 0.1) is 11.2 Å². The average molecular weight is 592 g/mol. The maximum absolute atomic E-state index is 14.0. The van der Waals surface area contributed by atoms with Crippen molar-refractivity contribution in [2.45, 2.75) is 65.1 Å². The maximum atomic E-state index is 14.0. The van der Waals surface area contributed by atoms with Gasteiger partial charge >= 0.3 is 0 Å². The summed E-state index contributed by atoms with van der Waals surface area (Å²) in [4.78, 5) is 44.1. The second-order valence-corrected chi connectivity index (χ2v) is 12.2. The Kier molecular flexibility index (Phi) is 10.3.